The fourth-order valence-corrected chi connectivity index (χ4v) is 1.87. The molecule has 20 heavy (non-hydrogen) atoms. The summed E-state index contributed by atoms with van der Waals surface area (Å²) < 4.78 is 5.50. The smallest absolute Gasteiger partial charge is 0.270 e. The van der Waals surface area contributed by atoms with Gasteiger partial charge in [0.25, 0.3) is 5.91 Å². The van der Waals surface area contributed by atoms with Gasteiger partial charge in [-0.1, -0.05) is 6.07 Å². The highest BCUT2D eigenvalue weighted by Gasteiger charge is 2.15. The molecule has 2 aromatic rings. The van der Waals surface area contributed by atoms with Gasteiger partial charge < -0.3 is 15.1 Å². The van der Waals surface area contributed by atoms with Crippen molar-refractivity contribution in [2.75, 3.05) is 11.9 Å². The van der Waals surface area contributed by atoms with Crippen molar-refractivity contribution in [3.8, 4) is 0 Å². The van der Waals surface area contributed by atoms with Crippen LogP contribution in [0.15, 0.2) is 34.7 Å². The Bertz CT molecular complexity index is 592. The Morgan fingerprint density at radius 1 is 1.35 bits per heavy atom. The molecular weight excluding hydrogens is 254 g/mol. The van der Waals surface area contributed by atoms with Crippen LogP contribution in [0.3, 0.4) is 0 Å². The number of furan rings is 1. The van der Waals surface area contributed by atoms with E-state index in [1.54, 1.807) is 6.07 Å². The fraction of sp³-hybridized carbons (Fsp3) is 0.333. The second-order valence-corrected chi connectivity index (χ2v) is 4.58. The van der Waals surface area contributed by atoms with Gasteiger partial charge in [0.15, 0.2) is 0 Å². The summed E-state index contributed by atoms with van der Waals surface area (Å²) in [7, 11) is 0. The molecule has 1 atom stereocenters. The maximum absolute atomic E-state index is 12.1. The first kappa shape index (κ1) is 14.1. The van der Waals surface area contributed by atoms with Crippen LogP contribution in [0.5, 0.6) is 0 Å². The van der Waals surface area contributed by atoms with Gasteiger partial charge >= 0.3 is 0 Å². The van der Waals surface area contributed by atoms with Crippen LogP contribution >= 0.6 is 0 Å². The molecule has 1 amide bonds. The van der Waals surface area contributed by atoms with E-state index in [9.17, 15) is 4.79 Å². The van der Waals surface area contributed by atoms with Gasteiger partial charge in [-0.2, -0.15) is 0 Å². The molecule has 0 spiro atoms. The number of nitrogens with zero attached hydrogens (tertiary/aromatic N) is 1. The van der Waals surface area contributed by atoms with E-state index in [0.717, 1.165) is 18.1 Å². The summed E-state index contributed by atoms with van der Waals surface area (Å²) in [4.78, 5) is 16.4. The lowest BCUT2D eigenvalue weighted by Crippen LogP contribution is -2.27. The average molecular weight is 273 g/mol. The van der Waals surface area contributed by atoms with Crippen molar-refractivity contribution in [2.24, 2.45) is 0 Å². The van der Waals surface area contributed by atoms with E-state index in [-0.39, 0.29) is 11.9 Å². The number of carbonyl (C=O) groups excluding carboxylic acids is 1. The normalized spacial score (nSPS) is 11.9. The second kappa shape index (κ2) is 6.23. The Balaban J connectivity index is 2.06. The maximum Gasteiger partial charge on any atom is 0.270 e. The van der Waals surface area contributed by atoms with Crippen LogP contribution in [0, 0.1) is 6.92 Å². The molecule has 0 aliphatic rings. The SMILES string of the molecule is CCNc1cccc(C(=O)NC(C)c2ccc(C)o2)n1. The molecule has 0 aliphatic carbocycles. The molecular formula is C15H19N3O2. The van der Waals surface area contributed by atoms with Gasteiger partial charge in [0, 0.05) is 6.54 Å². The predicted molar refractivity (Wildman–Crippen MR) is 77.7 cm³/mol. The third-order valence-electron chi connectivity index (χ3n) is 2.88. The molecule has 2 N–H and O–H groups in total. The Morgan fingerprint density at radius 2 is 2.15 bits per heavy atom. The number of aryl methyl sites for hydroxylation is 1. The number of amides is 1. The van der Waals surface area contributed by atoms with Crippen LogP contribution in [0.25, 0.3) is 0 Å². The molecule has 0 aliphatic heterocycles. The molecule has 2 heterocycles. The van der Waals surface area contributed by atoms with Crippen molar-refractivity contribution < 1.29 is 9.21 Å². The summed E-state index contributed by atoms with van der Waals surface area (Å²) in [6.07, 6.45) is 0. The molecule has 0 fully saturated rings. The first-order valence-corrected chi connectivity index (χ1v) is 6.68. The lowest BCUT2D eigenvalue weighted by molar-refractivity contribution is 0.0930. The molecule has 2 aromatic heterocycles. The molecule has 0 bridgehead atoms. The van der Waals surface area contributed by atoms with Gasteiger partial charge in [-0.3, -0.25) is 4.79 Å². The molecule has 0 saturated heterocycles. The number of pyridine rings is 1. The van der Waals surface area contributed by atoms with Crippen molar-refractivity contribution in [3.05, 3.63) is 47.5 Å². The number of hydrogen-bond donors (Lipinski definition) is 2. The molecule has 106 valence electrons. The summed E-state index contributed by atoms with van der Waals surface area (Å²) in [5, 5.41) is 5.95. The number of rotatable bonds is 5. The van der Waals surface area contributed by atoms with Crippen molar-refractivity contribution in [1.82, 2.24) is 10.3 Å². The van der Waals surface area contributed by atoms with Crippen LogP contribution in [-0.4, -0.2) is 17.4 Å². The van der Waals surface area contributed by atoms with Crippen LogP contribution in [0.2, 0.25) is 0 Å². The minimum Gasteiger partial charge on any atom is -0.464 e. The van der Waals surface area contributed by atoms with Crippen LogP contribution in [0.1, 0.15) is 41.9 Å². The van der Waals surface area contributed by atoms with E-state index in [4.69, 9.17) is 4.42 Å². The van der Waals surface area contributed by atoms with Gasteiger partial charge in [-0.05, 0) is 45.0 Å². The number of hydrogen-bond acceptors (Lipinski definition) is 4. The van der Waals surface area contributed by atoms with Crippen LogP contribution < -0.4 is 10.6 Å². The molecule has 0 aromatic carbocycles. The third-order valence-corrected chi connectivity index (χ3v) is 2.88. The zero-order valence-electron chi connectivity index (χ0n) is 11.9. The average Bonchev–Trinajstić information content (AvgIpc) is 2.86. The van der Waals surface area contributed by atoms with E-state index in [1.165, 1.54) is 0 Å². The fourth-order valence-electron chi connectivity index (χ4n) is 1.87. The Hall–Kier alpha value is -2.30. The lowest BCUT2D eigenvalue weighted by Gasteiger charge is -2.11. The molecule has 5 nitrogen and oxygen atoms in total. The minimum atomic E-state index is -0.216. The van der Waals surface area contributed by atoms with E-state index in [0.29, 0.717) is 11.5 Å². The molecule has 5 heteroatoms. The van der Waals surface area contributed by atoms with Crippen molar-refractivity contribution in [3.63, 3.8) is 0 Å². The molecule has 0 saturated carbocycles. The van der Waals surface area contributed by atoms with Crippen molar-refractivity contribution >= 4 is 11.7 Å². The largest absolute Gasteiger partial charge is 0.464 e. The lowest BCUT2D eigenvalue weighted by atomic mass is 10.2. The summed E-state index contributed by atoms with van der Waals surface area (Å²) in [6.45, 7) is 6.50. The van der Waals surface area contributed by atoms with E-state index in [2.05, 4.69) is 15.6 Å². The number of carbonyl (C=O) groups is 1. The quantitative estimate of drug-likeness (QED) is 0.879. The summed E-state index contributed by atoms with van der Waals surface area (Å²) in [5.41, 5.74) is 0.388. The van der Waals surface area contributed by atoms with Crippen LogP contribution in [0.4, 0.5) is 5.82 Å². The topological polar surface area (TPSA) is 67.2 Å². The monoisotopic (exact) mass is 273 g/mol. The van der Waals surface area contributed by atoms with Gasteiger partial charge in [0.2, 0.25) is 0 Å². The number of nitrogens with one attached hydrogen (secondary N) is 2. The Kier molecular flexibility index (Phi) is 4.40. The summed E-state index contributed by atoms with van der Waals surface area (Å²) >= 11 is 0. The zero-order valence-corrected chi connectivity index (χ0v) is 11.9. The Labute approximate surface area is 118 Å². The van der Waals surface area contributed by atoms with Gasteiger partial charge in [0.05, 0.1) is 6.04 Å². The standard InChI is InChI=1S/C15H19N3O2/c1-4-16-14-7-5-6-12(18-14)15(19)17-11(3)13-9-8-10(2)20-13/h5-9,11H,4H2,1-3H3,(H,16,18)(H,17,19). The molecule has 2 rings (SSSR count). The van der Waals surface area contributed by atoms with Crippen LogP contribution in [-0.2, 0) is 0 Å². The summed E-state index contributed by atoms with van der Waals surface area (Å²) in [6, 6.07) is 8.88. The summed E-state index contributed by atoms with van der Waals surface area (Å²) in [5.74, 6) is 2.04. The number of aromatic nitrogens is 1. The van der Waals surface area contributed by atoms with E-state index >= 15 is 0 Å². The minimum absolute atomic E-state index is 0.194. The van der Waals surface area contributed by atoms with Gasteiger partial charge in [-0.15, -0.1) is 0 Å². The molecule has 0 radical (unpaired) electrons. The highest BCUT2D eigenvalue weighted by atomic mass is 16.3. The highest BCUT2D eigenvalue weighted by Crippen LogP contribution is 2.16. The van der Waals surface area contributed by atoms with E-state index in [1.807, 2.05) is 45.0 Å². The third kappa shape index (κ3) is 3.38. The van der Waals surface area contributed by atoms with Crippen molar-refractivity contribution in [1.29, 1.82) is 0 Å². The van der Waals surface area contributed by atoms with Crippen molar-refractivity contribution in [2.45, 2.75) is 26.8 Å². The first-order chi connectivity index (χ1) is 9.60. The van der Waals surface area contributed by atoms with E-state index < -0.39 is 0 Å². The Morgan fingerprint density at radius 3 is 2.80 bits per heavy atom. The molecule has 1 unspecified atom stereocenters. The zero-order chi connectivity index (χ0) is 14.5. The predicted octanol–water partition coefficient (Wildman–Crippen LogP) is 2.91. The van der Waals surface area contributed by atoms with Gasteiger partial charge in [0.1, 0.15) is 23.0 Å². The number of anilines is 1. The maximum atomic E-state index is 12.1. The first-order valence-electron chi connectivity index (χ1n) is 6.68. The second-order valence-electron chi connectivity index (χ2n) is 4.58. The highest BCUT2D eigenvalue weighted by molar-refractivity contribution is 5.92. The van der Waals surface area contributed by atoms with Gasteiger partial charge in [-0.25, -0.2) is 4.98 Å².